The molecule has 0 fully saturated rings. The van der Waals surface area contributed by atoms with Gasteiger partial charge in [-0.2, -0.15) is 0 Å². The quantitative estimate of drug-likeness (QED) is 0.845. The smallest absolute Gasteiger partial charge is 0.220 e. The van der Waals surface area contributed by atoms with Crippen LogP contribution in [0.2, 0.25) is 10.0 Å². The van der Waals surface area contributed by atoms with E-state index in [-0.39, 0.29) is 11.9 Å². The van der Waals surface area contributed by atoms with E-state index in [9.17, 15) is 4.79 Å². The van der Waals surface area contributed by atoms with E-state index in [1.807, 2.05) is 20.0 Å². The molecule has 1 rings (SSSR count). The first-order valence-corrected chi connectivity index (χ1v) is 6.66. The van der Waals surface area contributed by atoms with E-state index in [0.717, 1.165) is 5.56 Å². The van der Waals surface area contributed by atoms with Crippen molar-refractivity contribution < 1.29 is 4.79 Å². The van der Waals surface area contributed by atoms with Crippen LogP contribution in [-0.4, -0.2) is 25.5 Å². The second-order valence-corrected chi connectivity index (χ2v) is 5.07. The fourth-order valence-corrected chi connectivity index (χ4v) is 1.93. The lowest BCUT2D eigenvalue weighted by Gasteiger charge is -2.11. The van der Waals surface area contributed by atoms with Crippen molar-refractivity contribution in [2.45, 2.75) is 25.8 Å². The Labute approximate surface area is 118 Å². The first-order chi connectivity index (χ1) is 8.52. The molecule has 0 saturated heterocycles. The minimum absolute atomic E-state index is 0.0307. The number of aryl methyl sites for hydroxylation is 1. The Morgan fingerprint density at radius 2 is 2.11 bits per heavy atom. The largest absolute Gasteiger partial charge is 0.355 e. The number of benzene rings is 1. The summed E-state index contributed by atoms with van der Waals surface area (Å²) < 4.78 is 0. The summed E-state index contributed by atoms with van der Waals surface area (Å²) in [5.74, 6) is 0.0307. The van der Waals surface area contributed by atoms with Gasteiger partial charge in [-0.05, 0) is 38.1 Å². The number of hydrogen-bond acceptors (Lipinski definition) is 2. The van der Waals surface area contributed by atoms with Crippen LogP contribution in [0.1, 0.15) is 18.9 Å². The number of nitrogens with one attached hydrogen (secondary N) is 2. The first kappa shape index (κ1) is 15.3. The van der Waals surface area contributed by atoms with Gasteiger partial charge in [0.05, 0.1) is 0 Å². The maximum absolute atomic E-state index is 11.6. The highest BCUT2D eigenvalue weighted by atomic mass is 35.5. The third-order valence-corrected chi connectivity index (χ3v) is 3.32. The summed E-state index contributed by atoms with van der Waals surface area (Å²) in [5.41, 5.74) is 0.942. The van der Waals surface area contributed by atoms with Gasteiger partial charge in [0.15, 0.2) is 0 Å². The number of rotatable bonds is 6. The molecule has 1 unspecified atom stereocenters. The summed E-state index contributed by atoms with van der Waals surface area (Å²) in [7, 11) is 1.87. The normalized spacial score (nSPS) is 12.2. The van der Waals surface area contributed by atoms with Gasteiger partial charge in [0.2, 0.25) is 5.91 Å². The molecule has 2 N–H and O–H groups in total. The second-order valence-electron chi connectivity index (χ2n) is 4.23. The predicted molar refractivity (Wildman–Crippen MR) is 76.3 cm³/mol. The van der Waals surface area contributed by atoms with Gasteiger partial charge in [0.1, 0.15) is 0 Å². The molecule has 0 heterocycles. The molecule has 5 heteroatoms. The van der Waals surface area contributed by atoms with Crippen LogP contribution < -0.4 is 10.6 Å². The molecule has 1 amide bonds. The summed E-state index contributed by atoms with van der Waals surface area (Å²) in [4.78, 5) is 11.6. The summed E-state index contributed by atoms with van der Waals surface area (Å²) in [6, 6.07) is 5.60. The number of carbonyl (C=O) groups excluding carboxylic acids is 1. The predicted octanol–water partition coefficient (Wildman–Crippen LogP) is 2.65. The number of amides is 1. The Morgan fingerprint density at radius 3 is 2.72 bits per heavy atom. The Kier molecular flexibility index (Phi) is 6.47. The maximum atomic E-state index is 11.6. The van der Waals surface area contributed by atoms with Crippen molar-refractivity contribution in [1.29, 1.82) is 0 Å². The molecular weight excluding hydrogens is 271 g/mol. The van der Waals surface area contributed by atoms with E-state index < -0.39 is 0 Å². The molecular formula is C13H18Cl2N2O. The van der Waals surface area contributed by atoms with Gasteiger partial charge >= 0.3 is 0 Å². The topological polar surface area (TPSA) is 41.1 Å². The lowest BCUT2D eigenvalue weighted by atomic mass is 10.1. The van der Waals surface area contributed by atoms with Crippen molar-refractivity contribution in [3.05, 3.63) is 33.8 Å². The fraction of sp³-hybridized carbons (Fsp3) is 0.462. The minimum atomic E-state index is 0.0307. The highest BCUT2D eigenvalue weighted by Crippen LogP contribution is 2.21. The van der Waals surface area contributed by atoms with Crippen LogP contribution in [0, 0.1) is 0 Å². The SMILES string of the molecule is CNC(C)CNC(=O)CCc1ccc(Cl)cc1Cl. The Hall–Kier alpha value is -0.770. The van der Waals surface area contributed by atoms with Crippen LogP contribution in [0.4, 0.5) is 0 Å². The van der Waals surface area contributed by atoms with Gasteiger partial charge < -0.3 is 10.6 Å². The van der Waals surface area contributed by atoms with E-state index in [0.29, 0.717) is 29.4 Å². The highest BCUT2D eigenvalue weighted by Gasteiger charge is 2.06. The lowest BCUT2D eigenvalue weighted by molar-refractivity contribution is -0.121. The van der Waals surface area contributed by atoms with Crippen molar-refractivity contribution in [3.63, 3.8) is 0 Å². The van der Waals surface area contributed by atoms with Crippen LogP contribution in [-0.2, 0) is 11.2 Å². The van der Waals surface area contributed by atoms with Gasteiger partial charge in [-0.3, -0.25) is 4.79 Å². The number of carbonyl (C=O) groups is 1. The summed E-state index contributed by atoms with van der Waals surface area (Å²) in [5, 5.41) is 7.14. The lowest BCUT2D eigenvalue weighted by Crippen LogP contribution is -2.37. The van der Waals surface area contributed by atoms with Gasteiger partial charge in [-0.25, -0.2) is 0 Å². The Bertz CT molecular complexity index is 410. The van der Waals surface area contributed by atoms with Crippen molar-refractivity contribution in [2.75, 3.05) is 13.6 Å². The molecule has 0 aromatic heterocycles. The molecule has 0 aliphatic carbocycles. The van der Waals surface area contributed by atoms with E-state index in [1.54, 1.807) is 12.1 Å². The molecule has 100 valence electrons. The summed E-state index contributed by atoms with van der Waals surface area (Å²) >= 11 is 11.8. The standard InChI is InChI=1S/C13H18Cl2N2O/c1-9(16-2)8-17-13(18)6-4-10-3-5-11(14)7-12(10)15/h3,5,7,9,16H,4,6,8H2,1-2H3,(H,17,18). The van der Waals surface area contributed by atoms with Gasteiger partial charge in [0.25, 0.3) is 0 Å². The van der Waals surface area contributed by atoms with Crippen LogP contribution in [0.5, 0.6) is 0 Å². The minimum Gasteiger partial charge on any atom is -0.355 e. The Morgan fingerprint density at radius 1 is 1.39 bits per heavy atom. The molecule has 0 aliphatic rings. The Balaban J connectivity index is 2.38. The zero-order valence-corrected chi connectivity index (χ0v) is 12.1. The van der Waals surface area contributed by atoms with Crippen LogP contribution in [0.3, 0.4) is 0 Å². The molecule has 1 aromatic carbocycles. The summed E-state index contributed by atoms with van der Waals surface area (Å²) in [6.45, 7) is 2.64. The highest BCUT2D eigenvalue weighted by molar-refractivity contribution is 6.35. The van der Waals surface area contributed by atoms with Crippen LogP contribution in [0.15, 0.2) is 18.2 Å². The van der Waals surface area contributed by atoms with E-state index in [2.05, 4.69) is 10.6 Å². The molecule has 0 aliphatic heterocycles. The zero-order chi connectivity index (χ0) is 13.5. The second kappa shape index (κ2) is 7.62. The molecule has 3 nitrogen and oxygen atoms in total. The van der Waals surface area contributed by atoms with Crippen molar-refractivity contribution >= 4 is 29.1 Å². The van der Waals surface area contributed by atoms with Crippen molar-refractivity contribution in [3.8, 4) is 0 Å². The average molecular weight is 289 g/mol. The third kappa shape index (κ3) is 5.25. The molecule has 1 aromatic rings. The average Bonchev–Trinajstić information content (AvgIpc) is 2.34. The van der Waals surface area contributed by atoms with Gasteiger partial charge in [-0.1, -0.05) is 29.3 Å². The van der Waals surface area contributed by atoms with E-state index in [4.69, 9.17) is 23.2 Å². The van der Waals surface area contributed by atoms with E-state index >= 15 is 0 Å². The number of likely N-dealkylation sites (N-methyl/N-ethyl adjacent to an activating group) is 1. The third-order valence-electron chi connectivity index (χ3n) is 2.73. The van der Waals surface area contributed by atoms with Crippen LogP contribution in [0.25, 0.3) is 0 Å². The number of hydrogen-bond donors (Lipinski definition) is 2. The monoisotopic (exact) mass is 288 g/mol. The first-order valence-electron chi connectivity index (χ1n) is 5.91. The molecule has 0 saturated carbocycles. The molecule has 1 atom stereocenters. The van der Waals surface area contributed by atoms with Crippen molar-refractivity contribution in [2.24, 2.45) is 0 Å². The molecule has 18 heavy (non-hydrogen) atoms. The molecule has 0 spiro atoms. The maximum Gasteiger partial charge on any atom is 0.220 e. The van der Waals surface area contributed by atoms with E-state index in [1.165, 1.54) is 0 Å². The van der Waals surface area contributed by atoms with Gasteiger partial charge in [-0.15, -0.1) is 0 Å². The summed E-state index contributed by atoms with van der Waals surface area (Å²) in [6.07, 6.45) is 1.05. The molecule has 0 bridgehead atoms. The fourth-order valence-electron chi connectivity index (χ4n) is 1.43. The van der Waals surface area contributed by atoms with Gasteiger partial charge in [0, 0.05) is 29.1 Å². The number of halogens is 2. The zero-order valence-electron chi connectivity index (χ0n) is 10.6. The molecule has 0 radical (unpaired) electrons. The van der Waals surface area contributed by atoms with Crippen LogP contribution >= 0.6 is 23.2 Å². The van der Waals surface area contributed by atoms with Crippen molar-refractivity contribution in [1.82, 2.24) is 10.6 Å².